The van der Waals surface area contributed by atoms with Gasteiger partial charge in [-0.1, -0.05) is 23.7 Å². The van der Waals surface area contributed by atoms with Crippen LogP contribution in [-0.4, -0.2) is 36.6 Å². The van der Waals surface area contributed by atoms with Crippen LogP contribution in [0, 0.1) is 6.92 Å². The first-order valence-corrected chi connectivity index (χ1v) is 14.9. The fraction of sp³-hybridized carbons (Fsp3) is 0.242. The molecule has 0 spiro atoms. The lowest BCUT2D eigenvalue weighted by Gasteiger charge is -2.29. The van der Waals surface area contributed by atoms with Gasteiger partial charge in [0, 0.05) is 34.9 Å². The molecular formula is C33H31ClN4O3S. The predicted molar refractivity (Wildman–Crippen MR) is 171 cm³/mol. The Morgan fingerprint density at radius 3 is 2.57 bits per heavy atom. The second kappa shape index (κ2) is 10.8. The molecule has 1 N–H and O–H groups in total. The van der Waals surface area contributed by atoms with Gasteiger partial charge in [0.15, 0.2) is 0 Å². The zero-order valence-electron chi connectivity index (χ0n) is 24.1. The number of hydrogen-bond acceptors (Lipinski definition) is 6. The molecule has 0 amide bonds. The van der Waals surface area contributed by atoms with E-state index in [1.165, 1.54) is 11.3 Å². The standard InChI is InChI=1S/C33H31ClN4O3S/c1-19-15-25-30(29(20-8-10-22(34)11-9-20)28(19)27(18-39)41-33(2,3)4)42-31(36-25)24-7-6-14-38(32(24)40)23-12-13-26-21(16-23)17-35-37(26)5/h6-17,27,39H,18H2,1-5H3. The van der Waals surface area contributed by atoms with E-state index >= 15 is 0 Å². The molecule has 1 atom stereocenters. The van der Waals surface area contributed by atoms with Crippen molar-refractivity contribution in [1.82, 2.24) is 19.3 Å². The first-order chi connectivity index (χ1) is 20.0. The third-order valence-corrected chi connectivity index (χ3v) is 8.60. The number of halogens is 1. The fourth-order valence-corrected chi connectivity index (χ4v) is 6.69. The number of aliphatic hydroxyl groups excluding tert-OH is 1. The Hall–Kier alpha value is -3.82. The lowest BCUT2D eigenvalue weighted by Crippen LogP contribution is -2.25. The molecule has 6 aromatic rings. The first kappa shape index (κ1) is 28.3. The van der Waals surface area contributed by atoms with Gasteiger partial charge in [0.05, 0.1) is 39.7 Å². The van der Waals surface area contributed by atoms with Gasteiger partial charge in [-0.15, -0.1) is 11.3 Å². The van der Waals surface area contributed by atoms with Crippen LogP contribution in [0.15, 0.2) is 77.9 Å². The Bertz CT molecular complexity index is 2000. The van der Waals surface area contributed by atoms with Crippen molar-refractivity contribution >= 4 is 44.1 Å². The van der Waals surface area contributed by atoms with E-state index in [1.807, 2.05) is 100 Å². The molecule has 3 aromatic heterocycles. The molecule has 214 valence electrons. The van der Waals surface area contributed by atoms with Crippen LogP contribution in [0.5, 0.6) is 0 Å². The third-order valence-electron chi connectivity index (χ3n) is 7.23. The first-order valence-electron chi connectivity index (χ1n) is 13.7. The van der Waals surface area contributed by atoms with Crippen molar-refractivity contribution in [3.8, 4) is 27.4 Å². The van der Waals surface area contributed by atoms with Crippen LogP contribution in [0.4, 0.5) is 0 Å². The number of aromatic nitrogens is 4. The summed E-state index contributed by atoms with van der Waals surface area (Å²) in [4.78, 5) is 18.8. The maximum atomic E-state index is 13.9. The normalized spacial score (nSPS) is 12.8. The number of thiazole rings is 1. The Labute approximate surface area is 252 Å². The lowest BCUT2D eigenvalue weighted by atomic mass is 9.91. The van der Waals surface area contributed by atoms with Crippen molar-refractivity contribution in [3.05, 3.63) is 99.6 Å². The molecule has 9 heteroatoms. The summed E-state index contributed by atoms with van der Waals surface area (Å²) in [5.74, 6) is 0. The number of rotatable bonds is 6. The number of aliphatic hydroxyl groups is 1. The molecule has 0 fully saturated rings. The van der Waals surface area contributed by atoms with E-state index in [4.69, 9.17) is 21.3 Å². The predicted octanol–water partition coefficient (Wildman–Crippen LogP) is 7.48. The quantitative estimate of drug-likeness (QED) is 0.215. The van der Waals surface area contributed by atoms with Crippen LogP contribution in [0.25, 0.3) is 48.5 Å². The Morgan fingerprint density at radius 2 is 1.86 bits per heavy atom. The Balaban J connectivity index is 1.55. The molecule has 42 heavy (non-hydrogen) atoms. The van der Waals surface area contributed by atoms with Crippen LogP contribution in [0.3, 0.4) is 0 Å². The highest BCUT2D eigenvalue weighted by atomic mass is 35.5. The minimum Gasteiger partial charge on any atom is -0.393 e. The molecular weight excluding hydrogens is 568 g/mol. The molecule has 6 rings (SSSR count). The monoisotopic (exact) mass is 598 g/mol. The van der Waals surface area contributed by atoms with E-state index < -0.39 is 11.7 Å². The molecule has 0 saturated carbocycles. The van der Waals surface area contributed by atoms with Crippen molar-refractivity contribution in [3.63, 3.8) is 0 Å². The highest BCUT2D eigenvalue weighted by Gasteiger charge is 2.27. The average Bonchev–Trinajstić information content (AvgIpc) is 3.54. The van der Waals surface area contributed by atoms with Gasteiger partial charge in [0.25, 0.3) is 5.56 Å². The van der Waals surface area contributed by atoms with E-state index in [9.17, 15) is 9.90 Å². The fourth-order valence-electron chi connectivity index (χ4n) is 5.42. The van der Waals surface area contributed by atoms with Crippen molar-refractivity contribution < 1.29 is 9.84 Å². The number of ether oxygens (including phenoxy) is 1. The Morgan fingerprint density at radius 1 is 1.10 bits per heavy atom. The Kier molecular flexibility index (Phi) is 7.27. The van der Waals surface area contributed by atoms with E-state index in [0.717, 1.165) is 49.1 Å². The van der Waals surface area contributed by atoms with Gasteiger partial charge in [0.1, 0.15) is 11.1 Å². The summed E-state index contributed by atoms with van der Waals surface area (Å²) in [6.45, 7) is 7.75. The van der Waals surface area contributed by atoms with Crippen LogP contribution < -0.4 is 5.56 Å². The molecule has 3 heterocycles. The van der Waals surface area contributed by atoms with Gasteiger partial charge in [-0.25, -0.2) is 4.98 Å². The van der Waals surface area contributed by atoms with Gasteiger partial charge < -0.3 is 9.84 Å². The number of pyridine rings is 1. The van der Waals surface area contributed by atoms with Crippen molar-refractivity contribution in [2.75, 3.05) is 6.61 Å². The molecule has 3 aromatic carbocycles. The zero-order chi connectivity index (χ0) is 29.8. The second-order valence-corrected chi connectivity index (χ2v) is 12.8. The van der Waals surface area contributed by atoms with Gasteiger partial charge in [0.2, 0.25) is 0 Å². The van der Waals surface area contributed by atoms with Crippen LogP contribution >= 0.6 is 22.9 Å². The molecule has 0 bridgehead atoms. The van der Waals surface area contributed by atoms with Gasteiger partial charge in [-0.3, -0.25) is 14.0 Å². The second-order valence-electron chi connectivity index (χ2n) is 11.4. The van der Waals surface area contributed by atoms with E-state index in [0.29, 0.717) is 15.6 Å². The topological polar surface area (TPSA) is 82.2 Å². The molecule has 0 aliphatic heterocycles. The number of aryl methyl sites for hydroxylation is 2. The van der Waals surface area contributed by atoms with E-state index in [2.05, 4.69) is 5.10 Å². The smallest absolute Gasteiger partial charge is 0.265 e. The van der Waals surface area contributed by atoms with Crippen molar-refractivity contribution in [2.24, 2.45) is 7.05 Å². The number of nitrogens with zero attached hydrogens (tertiary/aromatic N) is 4. The molecule has 0 aliphatic rings. The zero-order valence-corrected chi connectivity index (χ0v) is 25.6. The maximum absolute atomic E-state index is 13.9. The molecule has 0 saturated heterocycles. The minimum atomic E-state index is -0.554. The van der Waals surface area contributed by atoms with Gasteiger partial charge in [-0.2, -0.15) is 5.10 Å². The minimum absolute atomic E-state index is 0.158. The molecule has 0 radical (unpaired) electrons. The van der Waals surface area contributed by atoms with Gasteiger partial charge in [-0.05, 0) is 92.9 Å². The summed E-state index contributed by atoms with van der Waals surface area (Å²) >= 11 is 7.71. The largest absolute Gasteiger partial charge is 0.393 e. The van der Waals surface area contributed by atoms with Gasteiger partial charge >= 0.3 is 0 Å². The molecule has 0 aliphatic carbocycles. The summed E-state index contributed by atoms with van der Waals surface area (Å²) in [6, 6.07) is 19.2. The van der Waals surface area contributed by atoms with Crippen molar-refractivity contribution in [2.45, 2.75) is 39.4 Å². The number of hydrogen-bond donors (Lipinski definition) is 1. The van der Waals surface area contributed by atoms with Crippen LogP contribution in [-0.2, 0) is 11.8 Å². The molecule has 7 nitrogen and oxygen atoms in total. The summed E-state index contributed by atoms with van der Waals surface area (Å²) < 4.78 is 10.7. The van der Waals surface area contributed by atoms with Crippen LogP contribution in [0.2, 0.25) is 5.02 Å². The highest BCUT2D eigenvalue weighted by Crippen LogP contribution is 2.44. The molecule has 1 unspecified atom stereocenters. The lowest BCUT2D eigenvalue weighted by molar-refractivity contribution is -0.0821. The SMILES string of the molecule is Cc1cc2nc(-c3cccn(-c4ccc5c(cnn5C)c4)c3=O)sc2c(-c2ccc(Cl)cc2)c1C(CO)OC(C)(C)C. The summed E-state index contributed by atoms with van der Waals surface area (Å²) in [5, 5.41) is 17.0. The number of fused-ring (bicyclic) bond motifs is 2. The van der Waals surface area contributed by atoms with E-state index in [-0.39, 0.29) is 12.2 Å². The van der Waals surface area contributed by atoms with Crippen molar-refractivity contribution in [1.29, 1.82) is 0 Å². The third kappa shape index (κ3) is 5.16. The van der Waals surface area contributed by atoms with Crippen LogP contribution in [0.1, 0.15) is 38.0 Å². The summed E-state index contributed by atoms with van der Waals surface area (Å²) in [7, 11) is 1.89. The number of benzene rings is 3. The average molecular weight is 599 g/mol. The summed E-state index contributed by atoms with van der Waals surface area (Å²) in [5.41, 5.74) is 6.11. The van der Waals surface area contributed by atoms with E-state index in [1.54, 1.807) is 17.0 Å². The highest BCUT2D eigenvalue weighted by molar-refractivity contribution is 7.22. The maximum Gasteiger partial charge on any atom is 0.265 e. The summed E-state index contributed by atoms with van der Waals surface area (Å²) in [6.07, 6.45) is 3.01.